The summed E-state index contributed by atoms with van der Waals surface area (Å²) >= 11 is 7.30. The van der Waals surface area contributed by atoms with Crippen LogP contribution in [-0.2, 0) is 6.42 Å². The molecule has 2 rings (SSSR count). The summed E-state index contributed by atoms with van der Waals surface area (Å²) in [7, 11) is 0. The van der Waals surface area contributed by atoms with Crippen molar-refractivity contribution in [3.05, 3.63) is 21.9 Å². The molecule has 0 saturated heterocycles. The molecule has 2 aromatic rings. The van der Waals surface area contributed by atoms with Gasteiger partial charge in [-0.3, -0.25) is 0 Å². The molecule has 2 nitrogen and oxygen atoms in total. The maximum absolute atomic E-state index is 12.1. The van der Waals surface area contributed by atoms with Gasteiger partial charge in [0.1, 0.15) is 15.8 Å². The first kappa shape index (κ1) is 12.6. The van der Waals surface area contributed by atoms with E-state index in [1.807, 2.05) is 13.0 Å². The minimum absolute atomic E-state index is 0.140. The third-order valence-electron chi connectivity index (χ3n) is 2.15. The maximum Gasteiger partial charge on any atom is 0.389 e. The molecule has 0 bridgehead atoms. The van der Waals surface area contributed by atoms with Gasteiger partial charge in [0.15, 0.2) is 0 Å². The molecule has 92 valence electrons. The second-order valence-electron chi connectivity index (χ2n) is 3.62. The van der Waals surface area contributed by atoms with Gasteiger partial charge < -0.3 is 0 Å². The van der Waals surface area contributed by atoms with Gasteiger partial charge in [-0.05, 0) is 13.0 Å². The standard InChI is InChI=1S/C10H8ClF3N2S/c1-5-4-6-8(11)15-7(16-9(6)17-5)2-3-10(12,13)14/h4H,2-3H2,1H3. The predicted molar refractivity (Wildman–Crippen MR) is 61.5 cm³/mol. The number of hydrogen-bond acceptors (Lipinski definition) is 3. The monoisotopic (exact) mass is 280 g/mol. The summed E-state index contributed by atoms with van der Waals surface area (Å²) in [6.45, 7) is 1.89. The molecule has 7 heteroatoms. The molecule has 0 unspecified atom stereocenters. The van der Waals surface area contributed by atoms with E-state index in [0.29, 0.717) is 10.2 Å². The highest BCUT2D eigenvalue weighted by atomic mass is 35.5. The van der Waals surface area contributed by atoms with Crippen LogP contribution >= 0.6 is 22.9 Å². The number of halogens is 4. The summed E-state index contributed by atoms with van der Waals surface area (Å²) in [5, 5.41) is 0.918. The number of aryl methyl sites for hydroxylation is 2. The van der Waals surface area contributed by atoms with Crippen LogP contribution in [0.15, 0.2) is 6.07 Å². The Kier molecular flexibility index (Phi) is 3.27. The molecule has 0 N–H and O–H groups in total. The lowest BCUT2D eigenvalue weighted by Gasteiger charge is -2.05. The van der Waals surface area contributed by atoms with Crippen molar-refractivity contribution in [1.82, 2.24) is 9.97 Å². The van der Waals surface area contributed by atoms with Crippen LogP contribution in [-0.4, -0.2) is 16.1 Å². The van der Waals surface area contributed by atoms with E-state index in [0.717, 1.165) is 4.88 Å². The van der Waals surface area contributed by atoms with Gasteiger partial charge in [-0.1, -0.05) is 11.6 Å². The first-order valence-electron chi connectivity index (χ1n) is 4.84. The fourth-order valence-corrected chi connectivity index (χ4v) is 2.61. The average molecular weight is 281 g/mol. The fraction of sp³-hybridized carbons (Fsp3) is 0.400. The minimum atomic E-state index is -4.20. The first-order valence-corrected chi connectivity index (χ1v) is 6.04. The third kappa shape index (κ3) is 3.07. The zero-order valence-corrected chi connectivity index (χ0v) is 10.4. The van der Waals surface area contributed by atoms with Crippen LogP contribution in [0.4, 0.5) is 13.2 Å². The number of nitrogens with zero attached hydrogens (tertiary/aromatic N) is 2. The molecular weight excluding hydrogens is 273 g/mol. The van der Waals surface area contributed by atoms with Crippen molar-refractivity contribution < 1.29 is 13.2 Å². The van der Waals surface area contributed by atoms with Crippen LogP contribution in [0.2, 0.25) is 5.15 Å². The predicted octanol–water partition coefficient (Wildman–Crippen LogP) is 4.15. The largest absolute Gasteiger partial charge is 0.389 e. The Morgan fingerprint density at radius 1 is 1.35 bits per heavy atom. The second kappa shape index (κ2) is 4.42. The topological polar surface area (TPSA) is 25.8 Å². The van der Waals surface area contributed by atoms with E-state index in [4.69, 9.17) is 11.6 Å². The summed E-state index contributed by atoms with van der Waals surface area (Å²) in [5.41, 5.74) is 0. The minimum Gasteiger partial charge on any atom is -0.222 e. The Morgan fingerprint density at radius 3 is 2.71 bits per heavy atom. The average Bonchev–Trinajstić information content (AvgIpc) is 2.55. The van der Waals surface area contributed by atoms with Crippen LogP contribution in [0, 0.1) is 6.92 Å². The van der Waals surface area contributed by atoms with E-state index >= 15 is 0 Å². The fourth-order valence-electron chi connectivity index (χ4n) is 1.41. The van der Waals surface area contributed by atoms with Crippen LogP contribution < -0.4 is 0 Å². The van der Waals surface area contributed by atoms with Gasteiger partial charge in [0.25, 0.3) is 0 Å². The van der Waals surface area contributed by atoms with E-state index in [9.17, 15) is 13.2 Å². The van der Waals surface area contributed by atoms with Crippen LogP contribution in [0.3, 0.4) is 0 Å². The number of alkyl halides is 3. The quantitative estimate of drug-likeness (QED) is 0.773. The van der Waals surface area contributed by atoms with Crippen molar-refractivity contribution in [3.63, 3.8) is 0 Å². The summed E-state index contributed by atoms with van der Waals surface area (Å²) < 4.78 is 36.2. The molecule has 2 aromatic heterocycles. The van der Waals surface area contributed by atoms with Crippen molar-refractivity contribution in [2.24, 2.45) is 0 Å². The van der Waals surface area contributed by atoms with Crippen molar-refractivity contribution in [3.8, 4) is 0 Å². The summed E-state index contributed by atoms with van der Waals surface area (Å²) in [6, 6.07) is 1.83. The Hall–Kier alpha value is -0.880. The lowest BCUT2D eigenvalue weighted by molar-refractivity contribution is -0.134. The van der Waals surface area contributed by atoms with E-state index in [1.165, 1.54) is 11.3 Å². The molecule has 17 heavy (non-hydrogen) atoms. The lowest BCUT2D eigenvalue weighted by Crippen LogP contribution is -2.10. The van der Waals surface area contributed by atoms with E-state index < -0.39 is 12.6 Å². The first-order chi connectivity index (χ1) is 7.85. The molecule has 0 atom stereocenters. The molecule has 2 heterocycles. The second-order valence-corrected chi connectivity index (χ2v) is 5.21. The molecule has 0 aromatic carbocycles. The Morgan fingerprint density at radius 2 is 2.06 bits per heavy atom. The van der Waals surface area contributed by atoms with Gasteiger partial charge in [-0.15, -0.1) is 11.3 Å². The molecule has 0 fully saturated rings. The van der Waals surface area contributed by atoms with E-state index in [2.05, 4.69) is 9.97 Å². The van der Waals surface area contributed by atoms with Gasteiger partial charge in [-0.25, -0.2) is 9.97 Å². The third-order valence-corrected chi connectivity index (χ3v) is 3.38. The Bertz CT molecular complexity index is 550. The molecule has 0 amide bonds. The molecule has 0 radical (unpaired) electrons. The maximum atomic E-state index is 12.1. The lowest BCUT2D eigenvalue weighted by atomic mass is 10.3. The van der Waals surface area contributed by atoms with Gasteiger partial charge in [0.05, 0.1) is 6.42 Å². The number of hydrogen-bond donors (Lipinski definition) is 0. The highest BCUT2D eigenvalue weighted by molar-refractivity contribution is 7.18. The molecular formula is C10H8ClF3N2S. The van der Waals surface area contributed by atoms with Gasteiger partial charge in [-0.2, -0.15) is 13.2 Å². The van der Waals surface area contributed by atoms with Crippen molar-refractivity contribution in [2.45, 2.75) is 25.9 Å². The van der Waals surface area contributed by atoms with E-state index in [-0.39, 0.29) is 17.4 Å². The van der Waals surface area contributed by atoms with Gasteiger partial charge >= 0.3 is 6.18 Å². The number of aromatic nitrogens is 2. The van der Waals surface area contributed by atoms with Crippen LogP contribution in [0.1, 0.15) is 17.1 Å². The number of fused-ring (bicyclic) bond motifs is 1. The van der Waals surface area contributed by atoms with Crippen LogP contribution in [0.5, 0.6) is 0 Å². The smallest absolute Gasteiger partial charge is 0.222 e. The molecule has 0 spiro atoms. The Labute approximate surface area is 104 Å². The zero-order chi connectivity index (χ0) is 12.6. The summed E-state index contributed by atoms with van der Waals surface area (Å²) in [6.07, 6.45) is -5.37. The number of rotatable bonds is 2. The molecule has 0 aliphatic heterocycles. The normalized spacial score (nSPS) is 12.3. The van der Waals surface area contributed by atoms with Crippen molar-refractivity contribution in [1.29, 1.82) is 0 Å². The van der Waals surface area contributed by atoms with Crippen LogP contribution in [0.25, 0.3) is 10.2 Å². The summed E-state index contributed by atoms with van der Waals surface area (Å²) in [5.74, 6) is 0.140. The Balaban J connectivity index is 2.30. The molecule has 0 saturated carbocycles. The number of thiophene rings is 1. The van der Waals surface area contributed by atoms with Gasteiger partial charge in [0, 0.05) is 16.7 Å². The molecule has 0 aliphatic carbocycles. The summed E-state index contributed by atoms with van der Waals surface area (Å²) in [4.78, 5) is 9.60. The van der Waals surface area contributed by atoms with Crippen molar-refractivity contribution in [2.75, 3.05) is 0 Å². The van der Waals surface area contributed by atoms with E-state index in [1.54, 1.807) is 0 Å². The van der Waals surface area contributed by atoms with Crippen molar-refractivity contribution >= 4 is 33.2 Å². The SMILES string of the molecule is Cc1cc2c(Cl)nc(CCC(F)(F)F)nc2s1. The zero-order valence-electron chi connectivity index (χ0n) is 8.81. The van der Waals surface area contributed by atoms with Gasteiger partial charge in [0.2, 0.25) is 0 Å². The molecule has 0 aliphatic rings. The highest BCUT2D eigenvalue weighted by Gasteiger charge is 2.27. The highest BCUT2D eigenvalue weighted by Crippen LogP contribution is 2.29.